The summed E-state index contributed by atoms with van der Waals surface area (Å²) in [4.78, 5) is 9.39. The number of likely N-dealkylation sites (N-methyl/N-ethyl adjacent to an activating group) is 1. The van der Waals surface area contributed by atoms with Gasteiger partial charge in [0, 0.05) is 45.8 Å². The molecule has 0 saturated carbocycles. The molecule has 21 heavy (non-hydrogen) atoms. The number of aliphatic imine (C=N–C) groups is 1. The van der Waals surface area contributed by atoms with Crippen molar-refractivity contribution in [2.24, 2.45) is 4.99 Å². The predicted molar refractivity (Wildman–Crippen MR) is 92.0 cm³/mol. The third-order valence-electron chi connectivity index (χ3n) is 4.32. The molecule has 0 aromatic heterocycles. The number of nitrogens with zero attached hydrogens (tertiary/aromatic N) is 3. The van der Waals surface area contributed by atoms with Gasteiger partial charge in [-0.3, -0.25) is 4.99 Å². The minimum atomic E-state index is 0.478. The van der Waals surface area contributed by atoms with E-state index in [1.165, 1.54) is 52.1 Å². The van der Waals surface area contributed by atoms with Crippen molar-refractivity contribution in [2.75, 3.05) is 52.9 Å². The summed E-state index contributed by atoms with van der Waals surface area (Å²) < 4.78 is 0. The Labute approximate surface area is 131 Å². The van der Waals surface area contributed by atoms with E-state index in [9.17, 15) is 0 Å². The summed E-state index contributed by atoms with van der Waals surface area (Å²) in [6, 6.07) is 0.478. The van der Waals surface area contributed by atoms with Crippen LogP contribution in [-0.4, -0.2) is 74.7 Å². The lowest BCUT2D eigenvalue weighted by molar-refractivity contribution is 0.136. The lowest BCUT2D eigenvalue weighted by atomic mass is 10.2. The lowest BCUT2D eigenvalue weighted by Gasteiger charge is -2.34. The van der Waals surface area contributed by atoms with Crippen LogP contribution in [-0.2, 0) is 0 Å². The summed E-state index contributed by atoms with van der Waals surface area (Å²) >= 11 is 0. The van der Waals surface area contributed by atoms with Crippen LogP contribution < -0.4 is 10.6 Å². The highest BCUT2D eigenvalue weighted by Crippen LogP contribution is 2.02. The van der Waals surface area contributed by atoms with Gasteiger partial charge in [-0.2, -0.15) is 0 Å². The third kappa shape index (κ3) is 7.67. The molecule has 1 aliphatic rings. The van der Waals surface area contributed by atoms with Gasteiger partial charge in [-0.05, 0) is 39.3 Å². The Morgan fingerprint density at radius 2 is 1.76 bits per heavy atom. The fourth-order valence-electron chi connectivity index (χ4n) is 2.53. The molecular formula is C16H35N5. The van der Waals surface area contributed by atoms with Crippen molar-refractivity contribution in [1.29, 1.82) is 0 Å². The third-order valence-corrected chi connectivity index (χ3v) is 4.32. The minimum Gasteiger partial charge on any atom is -0.356 e. The smallest absolute Gasteiger partial charge is 0.191 e. The number of nitrogens with one attached hydrogen (secondary N) is 2. The average molecular weight is 297 g/mol. The van der Waals surface area contributed by atoms with Crippen LogP contribution in [0, 0.1) is 0 Å². The molecule has 0 spiro atoms. The molecule has 1 rings (SSSR count). The van der Waals surface area contributed by atoms with Gasteiger partial charge in [0.25, 0.3) is 0 Å². The van der Waals surface area contributed by atoms with E-state index < -0.39 is 0 Å². The van der Waals surface area contributed by atoms with E-state index >= 15 is 0 Å². The zero-order chi connectivity index (χ0) is 15.5. The van der Waals surface area contributed by atoms with Gasteiger partial charge in [-0.15, -0.1) is 0 Å². The number of hydrogen-bond acceptors (Lipinski definition) is 3. The van der Waals surface area contributed by atoms with Crippen molar-refractivity contribution in [3.05, 3.63) is 0 Å². The van der Waals surface area contributed by atoms with E-state index in [-0.39, 0.29) is 0 Å². The standard InChI is InChI=1S/C16H35N5/c1-5-15(3)19-16(17-4)18-9-7-8-10-21-13-11-20(6-2)12-14-21/h15H,5-14H2,1-4H3,(H2,17,18,19). The van der Waals surface area contributed by atoms with E-state index in [2.05, 4.69) is 46.2 Å². The molecule has 0 aromatic rings. The van der Waals surface area contributed by atoms with Crippen molar-refractivity contribution >= 4 is 5.96 Å². The topological polar surface area (TPSA) is 42.9 Å². The quantitative estimate of drug-likeness (QED) is 0.403. The first-order chi connectivity index (χ1) is 10.2. The zero-order valence-corrected chi connectivity index (χ0v) is 14.5. The number of unbranched alkanes of at least 4 members (excludes halogenated alkanes) is 1. The number of hydrogen-bond donors (Lipinski definition) is 2. The molecule has 0 aromatic carbocycles. The first kappa shape index (κ1) is 18.2. The van der Waals surface area contributed by atoms with Crippen molar-refractivity contribution in [2.45, 2.75) is 46.1 Å². The predicted octanol–water partition coefficient (Wildman–Crippen LogP) is 1.37. The fourth-order valence-corrected chi connectivity index (χ4v) is 2.53. The van der Waals surface area contributed by atoms with Crippen molar-refractivity contribution in [3.8, 4) is 0 Å². The Balaban J connectivity index is 2.04. The van der Waals surface area contributed by atoms with Crippen molar-refractivity contribution < 1.29 is 0 Å². The van der Waals surface area contributed by atoms with Gasteiger partial charge in [0.1, 0.15) is 0 Å². The van der Waals surface area contributed by atoms with Gasteiger partial charge >= 0.3 is 0 Å². The molecule has 1 heterocycles. The Hall–Kier alpha value is -0.810. The zero-order valence-electron chi connectivity index (χ0n) is 14.5. The van der Waals surface area contributed by atoms with Crippen LogP contribution in [0.25, 0.3) is 0 Å². The van der Waals surface area contributed by atoms with E-state index in [1.54, 1.807) is 0 Å². The molecule has 1 unspecified atom stereocenters. The number of guanidine groups is 1. The Morgan fingerprint density at radius 3 is 2.33 bits per heavy atom. The first-order valence-electron chi connectivity index (χ1n) is 8.61. The second-order valence-corrected chi connectivity index (χ2v) is 5.94. The molecule has 0 aliphatic carbocycles. The second kappa shape index (κ2) is 10.9. The number of piperazine rings is 1. The highest BCUT2D eigenvalue weighted by molar-refractivity contribution is 5.79. The van der Waals surface area contributed by atoms with Gasteiger partial charge < -0.3 is 20.4 Å². The SMILES string of the molecule is CCC(C)NC(=NC)NCCCCN1CCN(CC)CC1. The minimum absolute atomic E-state index is 0.478. The molecule has 1 aliphatic heterocycles. The maximum absolute atomic E-state index is 4.26. The first-order valence-corrected chi connectivity index (χ1v) is 8.61. The van der Waals surface area contributed by atoms with Gasteiger partial charge in [0.15, 0.2) is 5.96 Å². The van der Waals surface area contributed by atoms with Crippen molar-refractivity contribution in [1.82, 2.24) is 20.4 Å². The molecule has 0 bridgehead atoms. The van der Waals surface area contributed by atoms with Crippen LogP contribution >= 0.6 is 0 Å². The maximum Gasteiger partial charge on any atom is 0.191 e. The van der Waals surface area contributed by atoms with E-state index in [4.69, 9.17) is 0 Å². The van der Waals surface area contributed by atoms with Crippen molar-refractivity contribution in [3.63, 3.8) is 0 Å². The Morgan fingerprint density at radius 1 is 1.10 bits per heavy atom. The summed E-state index contributed by atoms with van der Waals surface area (Å²) in [5, 5.41) is 6.79. The summed E-state index contributed by atoms with van der Waals surface area (Å²) in [6.07, 6.45) is 3.58. The summed E-state index contributed by atoms with van der Waals surface area (Å²) in [6.45, 7) is 15.0. The molecule has 5 nitrogen and oxygen atoms in total. The van der Waals surface area contributed by atoms with Gasteiger partial charge in [0.05, 0.1) is 0 Å². The summed E-state index contributed by atoms with van der Waals surface area (Å²) in [5.41, 5.74) is 0. The van der Waals surface area contributed by atoms with E-state index in [0.29, 0.717) is 6.04 Å². The average Bonchev–Trinajstić information content (AvgIpc) is 2.53. The molecule has 5 heteroatoms. The Kier molecular flexibility index (Phi) is 9.42. The molecular weight excluding hydrogens is 262 g/mol. The largest absolute Gasteiger partial charge is 0.356 e. The molecule has 1 atom stereocenters. The van der Waals surface area contributed by atoms with Crippen LogP contribution in [0.15, 0.2) is 4.99 Å². The van der Waals surface area contributed by atoms with Crippen LogP contribution in [0.3, 0.4) is 0 Å². The molecule has 0 radical (unpaired) electrons. The van der Waals surface area contributed by atoms with E-state index in [0.717, 1.165) is 18.9 Å². The Bertz CT molecular complexity index is 284. The van der Waals surface area contributed by atoms with E-state index in [1.807, 2.05) is 7.05 Å². The summed E-state index contributed by atoms with van der Waals surface area (Å²) in [7, 11) is 1.84. The second-order valence-electron chi connectivity index (χ2n) is 5.94. The van der Waals surface area contributed by atoms with Crippen LogP contribution in [0.5, 0.6) is 0 Å². The lowest BCUT2D eigenvalue weighted by Crippen LogP contribution is -2.46. The molecule has 124 valence electrons. The highest BCUT2D eigenvalue weighted by atomic mass is 15.3. The van der Waals surface area contributed by atoms with Crippen LogP contribution in [0.4, 0.5) is 0 Å². The van der Waals surface area contributed by atoms with Gasteiger partial charge in [0.2, 0.25) is 0 Å². The van der Waals surface area contributed by atoms with Gasteiger partial charge in [-0.1, -0.05) is 13.8 Å². The normalized spacial score (nSPS) is 19.5. The van der Waals surface area contributed by atoms with Crippen LogP contribution in [0.1, 0.15) is 40.0 Å². The molecule has 0 amide bonds. The van der Waals surface area contributed by atoms with Crippen LogP contribution in [0.2, 0.25) is 0 Å². The number of rotatable bonds is 8. The molecule has 2 N–H and O–H groups in total. The molecule has 1 fully saturated rings. The molecule has 1 saturated heterocycles. The fraction of sp³-hybridized carbons (Fsp3) is 0.938. The van der Waals surface area contributed by atoms with Gasteiger partial charge in [-0.25, -0.2) is 0 Å². The highest BCUT2D eigenvalue weighted by Gasteiger charge is 2.14. The maximum atomic E-state index is 4.26. The monoisotopic (exact) mass is 297 g/mol. The summed E-state index contributed by atoms with van der Waals surface area (Å²) in [5.74, 6) is 0.931.